The number of phenols is 1. The summed E-state index contributed by atoms with van der Waals surface area (Å²) in [5.74, 6) is 0.314. The molecule has 0 bridgehead atoms. The van der Waals surface area contributed by atoms with Gasteiger partial charge in [-0.2, -0.15) is 0 Å². The maximum Gasteiger partial charge on any atom is 0.115 e. The third-order valence-corrected chi connectivity index (χ3v) is 2.74. The molecule has 0 aromatic heterocycles. The molecule has 3 heteroatoms. The Kier molecular flexibility index (Phi) is 2.70. The summed E-state index contributed by atoms with van der Waals surface area (Å²) < 4.78 is 0. The normalized spacial score (nSPS) is 27.5. The van der Waals surface area contributed by atoms with Gasteiger partial charge < -0.3 is 16.2 Å². The number of rotatable bonds is 1. The maximum atomic E-state index is 9.16. The van der Waals surface area contributed by atoms with Crippen LogP contribution in [0.4, 0.5) is 0 Å². The first-order chi connectivity index (χ1) is 6.75. The Morgan fingerprint density at radius 1 is 1.29 bits per heavy atom. The highest BCUT2D eigenvalue weighted by Gasteiger charge is 2.19. The lowest BCUT2D eigenvalue weighted by molar-refractivity contribution is 0.369. The Hall–Kier alpha value is -1.06. The predicted octanol–water partition coefficient (Wildman–Crippen LogP) is 1.14. The van der Waals surface area contributed by atoms with Crippen LogP contribution in [0.1, 0.15) is 24.4 Å². The molecule has 1 aromatic rings. The molecule has 1 aliphatic rings. The Labute approximate surface area is 83.9 Å². The van der Waals surface area contributed by atoms with Crippen LogP contribution in [-0.4, -0.2) is 17.7 Å². The van der Waals surface area contributed by atoms with Crippen LogP contribution in [-0.2, 0) is 0 Å². The minimum Gasteiger partial charge on any atom is -0.508 e. The lowest BCUT2D eigenvalue weighted by atomic mass is 9.94. The fourth-order valence-electron chi connectivity index (χ4n) is 1.91. The molecule has 76 valence electrons. The summed E-state index contributed by atoms with van der Waals surface area (Å²) in [6.07, 6.45) is 2.03. The summed E-state index contributed by atoms with van der Waals surface area (Å²) in [5.41, 5.74) is 7.11. The quantitative estimate of drug-likeness (QED) is 0.625. The van der Waals surface area contributed by atoms with Gasteiger partial charge in [-0.05, 0) is 37.1 Å². The summed E-state index contributed by atoms with van der Waals surface area (Å²) in [5, 5.41) is 12.6. The molecule has 3 nitrogen and oxygen atoms in total. The number of phenolic OH excluding ortho intramolecular Hbond substituents is 1. The summed E-state index contributed by atoms with van der Waals surface area (Å²) >= 11 is 0. The van der Waals surface area contributed by atoms with Gasteiger partial charge in [0.1, 0.15) is 5.75 Å². The Bertz CT molecular complexity index is 297. The van der Waals surface area contributed by atoms with Crippen molar-refractivity contribution in [3.05, 3.63) is 29.8 Å². The average molecular weight is 192 g/mol. The fraction of sp³-hybridized carbons (Fsp3) is 0.455. The first-order valence-electron chi connectivity index (χ1n) is 5.03. The van der Waals surface area contributed by atoms with Crippen LogP contribution in [0.25, 0.3) is 0 Å². The summed E-state index contributed by atoms with van der Waals surface area (Å²) in [4.78, 5) is 0. The van der Waals surface area contributed by atoms with Crippen LogP contribution >= 0.6 is 0 Å². The Morgan fingerprint density at radius 3 is 2.64 bits per heavy atom. The van der Waals surface area contributed by atoms with E-state index in [2.05, 4.69) is 5.32 Å². The van der Waals surface area contributed by atoms with Crippen molar-refractivity contribution in [2.45, 2.75) is 24.9 Å². The van der Waals surface area contributed by atoms with Gasteiger partial charge in [0.05, 0.1) is 0 Å². The number of hydrogen-bond acceptors (Lipinski definition) is 3. The lowest BCUT2D eigenvalue weighted by Crippen LogP contribution is -2.38. The van der Waals surface area contributed by atoms with E-state index in [1.54, 1.807) is 12.1 Å². The van der Waals surface area contributed by atoms with E-state index in [0.29, 0.717) is 17.8 Å². The zero-order valence-corrected chi connectivity index (χ0v) is 8.11. The van der Waals surface area contributed by atoms with Crippen molar-refractivity contribution in [2.75, 3.05) is 6.54 Å². The smallest absolute Gasteiger partial charge is 0.115 e. The molecule has 0 saturated carbocycles. The molecule has 1 fully saturated rings. The first-order valence-corrected chi connectivity index (χ1v) is 5.03. The third kappa shape index (κ3) is 2.05. The highest BCUT2D eigenvalue weighted by Crippen LogP contribution is 2.23. The number of nitrogens with one attached hydrogen (secondary N) is 1. The Balaban J connectivity index is 2.10. The number of aromatic hydroxyl groups is 1. The fourth-order valence-corrected chi connectivity index (χ4v) is 1.91. The van der Waals surface area contributed by atoms with Crippen molar-refractivity contribution < 1.29 is 5.11 Å². The molecule has 1 aromatic carbocycles. The number of benzene rings is 1. The van der Waals surface area contributed by atoms with Gasteiger partial charge in [0.2, 0.25) is 0 Å². The largest absolute Gasteiger partial charge is 0.508 e. The lowest BCUT2D eigenvalue weighted by Gasteiger charge is -2.28. The molecule has 1 aliphatic heterocycles. The summed E-state index contributed by atoms with van der Waals surface area (Å²) in [6, 6.07) is 7.99. The van der Waals surface area contributed by atoms with E-state index < -0.39 is 0 Å². The highest BCUT2D eigenvalue weighted by molar-refractivity contribution is 5.28. The molecule has 2 atom stereocenters. The van der Waals surface area contributed by atoms with Crippen LogP contribution in [0.2, 0.25) is 0 Å². The molecule has 0 aliphatic carbocycles. The van der Waals surface area contributed by atoms with Gasteiger partial charge in [0, 0.05) is 12.1 Å². The number of hydrogen-bond donors (Lipinski definition) is 3. The molecular weight excluding hydrogens is 176 g/mol. The zero-order chi connectivity index (χ0) is 9.97. The molecular formula is C11H16N2O. The molecule has 0 unspecified atom stereocenters. The van der Waals surface area contributed by atoms with Gasteiger partial charge >= 0.3 is 0 Å². The monoisotopic (exact) mass is 192 g/mol. The molecule has 0 amide bonds. The topological polar surface area (TPSA) is 58.3 Å². The van der Waals surface area contributed by atoms with E-state index in [-0.39, 0.29) is 0 Å². The highest BCUT2D eigenvalue weighted by atomic mass is 16.3. The van der Waals surface area contributed by atoms with Crippen LogP contribution < -0.4 is 11.1 Å². The minimum atomic E-state index is 0.301. The van der Waals surface area contributed by atoms with Gasteiger partial charge in [0.15, 0.2) is 0 Å². The van der Waals surface area contributed by atoms with Crippen molar-refractivity contribution >= 4 is 0 Å². The van der Waals surface area contributed by atoms with E-state index in [1.807, 2.05) is 12.1 Å². The van der Waals surface area contributed by atoms with Gasteiger partial charge in [-0.1, -0.05) is 12.1 Å². The summed E-state index contributed by atoms with van der Waals surface area (Å²) in [7, 11) is 0. The minimum absolute atomic E-state index is 0.301. The van der Waals surface area contributed by atoms with E-state index in [1.165, 1.54) is 5.56 Å². The molecule has 0 spiro atoms. The first kappa shape index (κ1) is 9.49. The van der Waals surface area contributed by atoms with Gasteiger partial charge in [-0.3, -0.25) is 0 Å². The third-order valence-electron chi connectivity index (χ3n) is 2.74. The predicted molar refractivity (Wildman–Crippen MR) is 56.1 cm³/mol. The van der Waals surface area contributed by atoms with Crippen LogP contribution in [0.15, 0.2) is 24.3 Å². The summed E-state index contributed by atoms with van der Waals surface area (Å²) in [6.45, 7) is 0.979. The standard InChI is InChI=1S/C11H16N2O/c12-9-5-6-13-11(7-9)8-1-3-10(14)4-2-8/h1-4,9,11,13-14H,5-7,12H2/t9-,11+/m1/s1. The number of nitrogens with two attached hydrogens (primary N) is 1. The second kappa shape index (κ2) is 3.98. The van der Waals surface area contributed by atoms with Gasteiger partial charge in [0.25, 0.3) is 0 Å². The SMILES string of the molecule is N[C@@H]1CCN[C@H](c2ccc(O)cc2)C1. The van der Waals surface area contributed by atoms with Crippen molar-refractivity contribution in [2.24, 2.45) is 5.73 Å². The van der Waals surface area contributed by atoms with E-state index in [0.717, 1.165) is 19.4 Å². The van der Waals surface area contributed by atoms with Crippen LogP contribution in [0.5, 0.6) is 5.75 Å². The Morgan fingerprint density at radius 2 is 2.00 bits per heavy atom. The molecule has 1 saturated heterocycles. The van der Waals surface area contributed by atoms with Gasteiger partial charge in [-0.15, -0.1) is 0 Å². The number of piperidine rings is 1. The second-order valence-corrected chi connectivity index (χ2v) is 3.88. The van der Waals surface area contributed by atoms with Crippen molar-refractivity contribution in [1.82, 2.24) is 5.32 Å². The van der Waals surface area contributed by atoms with Crippen molar-refractivity contribution in [3.8, 4) is 5.75 Å². The van der Waals surface area contributed by atoms with Crippen LogP contribution in [0, 0.1) is 0 Å². The molecule has 0 radical (unpaired) electrons. The van der Waals surface area contributed by atoms with E-state index in [4.69, 9.17) is 10.8 Å². The van der Waals surface area contributed by atoms with E-state index in [9.17, 15) is 0 Å². The van der Waals surface area contributed by atoms with Gasteiger partial charge in [-0.25, -0.2) is 0 Å². The maximum absolute atomic E-state index is 9.16. The van der Waals surface area contributed by atoms with Crippen molar-refractivity contribution in [1.29, 1.82) is 0 Å². The molecule has 2 rings (SSSR count). The second-order valence-electron chi connectivity index (χ2n) is 3.88. The van der Waals surface area contributed by atoms with E-state index >= 15 is 0 Å². The molecule has 4 N–H and O–H groups in total. The van der Waals surface area contributed by atoms with Crippen LogP contribution in [0.3, 0.4) is 0 Å². The van der Waals surface area contributed by atoms with Crippen molar-refractivity contribution in [3.63, 3.8) is 0 Å². The molecule has 1 heterocycles. The average Bonchev–Trinajstić information content (AvgIpc) is 2.19. The zero-order valence-electron chi connectivity index (χ0n) is 8.11. The molecule has 14 heavy (non-hydrogen) atoms.